The molecule has 0 radical (unpaired) electrons. The molecule has 2 aromatic heterocycles. The fraction of sp³-hybridized carbons (Fsp3) is 0.348. The molecule has 0 atom stereocenters. The number of aromatic nitrogens is 4. The molecule has 0 spiro atoms. The van der Waals surface area contributed by atoms with Gasteiger partial charge in [0.15, 0.2) is 11.4 Å². The minimum Gasteiger partial charge on any atom is -0.369 e. The maximum Gasteiger partial charge on any atom is 0.167 e. The van der Waals surface area contributed by atoms with Crippen LogP contribution >= 0.6 is 11.6 Å². The Morgan fingerprint density at radius 2 is 1.77 bits per heavy atom. The first-order valence-corrected chi connectivity index (χ1v) is 10.8. The number of para-hydroxylation sites is 1. The molecule has 0 unspecified atom stereocenters. The number of halogens is 1. The normalized spacial score (nSPS) is 21.2. The van der Waals surface area contributed by atoms with Crippen LogP contribution in [0.4, 0.5) is 0 Å². The van der Waals surface area contributed by atoms with Crippen LogP contribution in [0, 0.1) is 0 Å². The lowest BCUT2D eigenvalue weighted by atomic mass is 9.79. The molecule has 7 heteroatoms. The zero-order valence-electron chi connectivity index (χ0n) is 16.4. The minimum atomic E-state index is 0.363. The van der Waals surface area contributed by atoms with Crippen LogP contribution in [0.25, 0.3) is 16.7 Å². The molecule has 0 saturated heterocycles. The molecule has 6 nitrogen and oxygen atoms in total. The van der Waals surface area contributed by atoms with Crippen molar-refractivity contribution in [3.63, 3.8) is 0 Å². The number of nitrogens with zero attached hydrogens (tertiary/aromatic N) is 4. The van der Waals surface area contributed by atoms with Crippen molar-refractivity contribution in [1.82, 2.24) is 19.9 Å². The highest BCUT2D eigenvalue weighted by Gasteiger charge is 2.31. The van der Waals surface area contributed by atoms with Crippen molar-refractivity contribution in [1.29, 1.82) is 0 Å². The summed E-state index contributed by atoms with van der Waals surface area (Å²) in [6.07, 6.45) is 4.22. The van der Waals surface area contributed by atoms with E-state index in [2.05, 4.69) is 32.1 Å². The summed E-state index contributed by atoms with van der Waals surface area (Å²) in [5, 5.41) is 15.3. The molecule has 1 aliphatic heterocycles. The molecule has 1 fully saturated rings. The second-order valence-corrected chi connectivity index (χ2v) is 8.62. The lowest BCUT2D eigenvalue weighted by Gasteiger charge is -2.27. The van der Waals surface area contributed by atoms with Gasteiger partial charge in [0.05, 0.1) is 18.0 Å². The van der Waals surface area contributed by atoms with Crippen LogP contribution in [-0.4, -0.2) is 19.9 Å². The van der Waals surface area contributed by atoms with Crippen molar-refractivity contribution in [3.8, 4) is 5.69 Å². The van der Waals surface area contributed by atoms with Crippen LogP contribution in [0.2, 0.25) is 5.02 Å². The van der Waals surface area contributed by atoms with Gasteiger partial charge in [-0.3, -0.25) is 4.57 Å². The second-order valence-electron chi connectivity index (χ2n) is 8.19. The van der Waals surface area contributed by atoms with Gasteiger partial charge in [0, 0.05) is 27.8 Å². The van der Waals surface area contributed by atoms with E-state index in [0.29, 0.717) is 25.0 Å². The number of ether oxygens (including phenoxy) is 1. The lowest BCUT2D eigenvalue weighted by Crippen LogP contribution is -2.17. The Morgan fingerprint density at radius 3 is 2.67 bits per heavy atom. The maximum absolute atomic E-state index is 6.22. The summed E-state index contributed by atoms with van der Waals surface area (Å²) in [6, 6.07) is 14.1. The van der Waals surface area contributed by atoms with E-state index in [1.54, 1.807) is 0 Å². The molecule has 6 rings (SSSR count). The third-order valence-electron chi connectivity index (χ3n) is 6.41. The fourth-order valence-corrected chi connectivity index (χ4v) is 5.11. The Balaban J connectivity index is 1.29. The summed E-state index contributed by atoms with van der Waals surface area (Å²) in [7, 11) is 0. The van der Waals surface area contributed by atoms with E-state index >= 15 is 0 Å². The van der Waals surface area contributed by atoms with Crippen LogP contribution in [-0.2, 0) is 18.0 Å². The van der Waals surface area contributed by atoms with E-state index in [4.69, 9.17) is 20.9 Å². The SMILES string of the molecule is Clc1ccc2c(c1)COCc1nnc([C@H]3CC[C@H](c4noc5ccccc54)CC3)n1-2. The van der Waals surface area contributed by atoms with E-state index in [1.165, 1.54) is 0 Å². The first-order valence-electron chi connectivity index (χ1n) is 10.4. The number of rotatable bonds is 2. The smallest absolute Gasteiger partial charge is 0.167 e. The number of benzene rings is 2. The first-order chi connectivity index (χ1) is 14.8. The number of hydrogen-bond acceptors (Lipinski definition) is 5. The van der Waals surface area contributed by atoms with Gasteiger partial charge in [0.25, 0.3) is 0 Å². The fourth-order valence-electron chi connectivity index (χ4n) is 4.92. The number of hydrogen-bond donors (Lipinski definition) is 0. The average molecular weight is 421 g/mol. The summed E-state index contributed by atoms with van der Waals surface area (Å²) >= 11 is 6.22. The van der Waals surface area contributed by atoms with Crippen LogP contribution < -0.4 is 0 Å². The van der Waals surface area contributed by atoms with Crippen LogP contribution in [0.3, 0.4) is 0 Å². The van der Waals surface area contributed by atoms with Crippen molar-refractivity contribution in [2.45, 2.75) is 50.7 Å². The largest absolute Gasteiger partial charge is 0.369 e. The third-order valence-corrected chi connectivity index (χ3v) is 6.65. The monoisotopic (exact) mass is 420 g/mol. The van der Waals surface area contributed by atoms with Gasteiger partial charge >= 0.3 is 0 Å². The molecular formula is C23H21ClN4O2. The molecule has 2 aliphatic rings. The molecule has 1 saturated carbocycles. The third kappa shape index (κ3) is 2.94. The quantitative estimate of drug-likeness (QED) is 0.426. The Bertz CT molecular complexity index is 1220. The van der Waals surface area contributed by atoms with Gasteiger partial charge in [-0.2, -0.15) is 0 Å². The molecule has 1 aliphatic carbocycles. The summed E-state index contributed by atoms with van der Waals surface area (Å²) in [5.41, 5.74) is 4.12. The highest BCUT2D eigenvalue weighted by atomic mass is 35.5. The van der Waals surface area contributed by atoms with Crippen LogP contribution in [0.1, 0.15) is 60.4 Å². The second kappa shape index (κ2) is 7.22. The van der Waals surface area contributed by atoms with Gasteiger partial charge in [-0.15, -0.1) is 10.2 Å². The summed E-state index contributed by atoms with van der Waals surface area (Å²) < 4.78 is 13.5. The van der Waals surface area contributed by atoms with Crippen molar-refractivity contribution in [3.05, 3.63) is 70.4 Å². The highest BCUT2D eigenvalue weighted by Crippen LogP contribution is 2.42. The van der Waals surface area contributed by atoms with Crippen molar-refractivity contribution < 1.29 is 9.26 Å². The molecular weight excluding hydrogens is 400 g/mol. The highest BCUT2D eigenvalue weighted by molar-refractivity contribution is 6.30. The van der Waals surface area contributed by atoms with Gasteiger partial charge in [-0.05, 0) is 56.0 Å². The van der Waals surface area contributed by atoms with Gasteiger partial charge in [-0.1, -0.05) is 28.9 Å². The van der Waals surface area contributed by atoms with E-state index < -0.39 is 0 Å². The minimum absolute atomic E-state index is 0.363. The Kier molecular flexibility index (Phi) is 4.35. The maximum atomic E-state index is 6.22. The van der Waals surface area contributed by atoms with E-state index in [1.807, 2.05) is 30.3 Å². The molecule has 2 aromatic carbocycles. The van der Waals surface area contributed by atoms with Crippen LogP contribution in [0.5, 0.6) is 0 Å². The molecule has 30 heavy (non-hydrogen) atoms. The molecule has 152 valence electrons. The van der Waals surface area contributed by atoms with Crippen molar-refractivity contribution in [2.75, 3.05) is 0 Å². The Labute approximate surface area is 178 Å². The van der Waals surface area contributed by atoms with Gasteiger partial charge in [0.1, 0.15) is 12.4 Å². The van der Waals surface area contributed by atoms with E-state index in [9.17, 15) is 0 Å². The predicted molar refractivity (Wildman–Crippen MR) is 113 cm³/mol. The lowest BCUT2D eigenvalue weighted by molar-refractivity contribution is 0.105. The van der Waals surface area contributed by atoms with Crippen LogP contribution in [0.15, 0.2) is 47.0 Å². The van der Waals surface area contributed by atoms with Crippen molar-refractivity contribution >= 4 is 22.6 Å². The molecule has 0 amide bonds. The molecule has 4 aromatic rings. The average Bonchev–Trinajstić information content (AvgIpc) is 3.34. The topological polar surface area (TPSA) is 66.0 Å². The van der Waals surface area contributed by atoms with Gasteiger partial charge in [-0.25, -0.2) is 0 Å². The van der Waals surface area contributed by atoms with Crippen molar-refractivity contribution in [2.24, 2.45) is 0 Å². The molecule has 3 heterocycles. The number of fused-ring (bicyclic) bond motifs is 4. The van der Waals surface area contributed by atoms with Gasteiger partial charge < -0.3 is 9.26 Å². The van der Waals surface area contributed by atoms with Gasteiger partial charge in [0.2, 0.25) is 0 Å². The first kappa shape index (κ1) is 18.1. The van der Waals surface area contributed by atoms with E-state index in [0.717, 1.165) is 70.3 Å². The predicted octanol–water partition coefficient (Wildman–Crippen LogP) is 5.53. The molecule has 0 N–H and O–H groups in total. The summed E-state index contributed by atoms with van der Waals surface area (Å²) in [5.74, 6) is 2.67. The molecule has 0 bridgehead atoms. The summed E-state index contributed by atoms with van der Waals surface area (Å²) in [6.45, 7) is 0.990. The van der Waals surface area contributed by atoms with E-state index in [-0.39, 0.29) is 0 Å². The Morgan fingerprint density at radius 1 is 0.933 bits per heavy atom. The zero-order valence-corrected chi connectivity index (χ0v) is 17.2. The summed E-state index contributed by atoms with van der Waals surface area (Å²) in [4.78, 5) is 0. The Hall–Kier alpha value is -2.70. The zero-order chi connectivity index (χ0) is 20.1. The standard InChI is InChI=1S/C23H21ClN4O2/c24-17-9-10-19-16(11-17)12-29-13-21-25-26-23(28(19)21)15-7-5-14(6-8-15)22-18-3-1-2-4-20(18)30-27-22/h1-4,9-11,14-15H,5-8,12-13H2/t14-,15-.